The van der Waals surface area contributed by atoms with Crippen molar-refractivity contribution in [2.45, 2.75) is 39.5 Å². The van der Waals surface area contributed by atoms with Gasteiger partial charge >= 0.3 is 0 Å². The topological polar surface area (TPSA) is 43.7 Å². The summed E-state index contributed by atoms with van der Waals surface area (Å²) in [6.07, 6.45) is -0.369. The third kappa shape index (κ3) is 4.66. The van der Waals surface area contributed by atoms with Gasteiger partial charge in [0, 0.05) is 29.2 Å². The molecule has 0 aliphatic carbocycles. The van der Waals surface area contributed by atoms with Gasteiger partial charge in [-0.2, -0.15) is 0 Å². The Morgan fingerprint density at radius 2 is 1.94 bits per heavy atom. The smallest absolute Gasteiger partial charge is 0.120 e. The molecule has 0 radical (unpaired) electrons. The second kappa shape index (κ2) is 6.38. The fraction of sp³-hybridized carbons (Fsp3) is 0.538. The first-order valence-electron chi connectivity index (χ1n) is 5.79. The average Bonchev–Trinajstić information content (AvgIpc) is 2.21. The van der Waals surface area contributed by atoms with Gasteiger partial charge in [0.15, 0.2) is 0 Å². The number of halogens is 1. The normalized spacial score (nSPS) is 13.4. The summed E-state index contributed by atoms with van der Waals surface area (Å²) >= 11 is 3.40. The molecule has 2 N–H and O–H groups in total. The molecule has 0 aliphatic rings. The molecule has 4 heteroatoms. The highest BCUT2D eigenvalue weighted by atomic mass is 79.9. The lowest BCUT2D eigenvalue weighted by atomic mass is 10.1. The highest BCUT2D eigenvalue weighted by molar-refractivity contribution is 9.10. The Morgan fingerprint density at radius 1 is 1.29 bits per heavy atom. The van der Waals surface area contributed by atoms with E-state index in [1.807, 2.05) is 12.1 Å². The minimum atomic E-state index is -0.369. The van der Waals surface area contributed by atoms with Crippen LogP contribution in [0.5, 0.6) is 5.75 Å². The standard InChI is InChI=1S/C13H20BrNO2/c1-9(2)15(7-10(3)16)8-11-6-12(14)4-5-13(11)17/h4-6,9-10,16-17H,7-8H2,1-3H3. The van der Waals surface area contributed by atoms with Crippen LogP contribution in [0.4, 0.5) is 0 Å². The van der Waals surface area contributed by atoms with E-state index >= 15 is 0 Å². The number of aromatic hydroxyl groups is 1. The van der Waals surface area contributed by atoms with Crippen molar-refractivity contribution in [3.63, 3.8) is 0 Å². The number of aliphatic hydroxyl groups is 1. The molecule has 0 heterocycles. The van der Waals surface area contributed by atoms with E-state index in [4.69, 9.17) is 0 Å². The minimum Gasteiger partial charge on any atom is -0.508 e. The third-order valence-electron chi connectivity index (χ3n) is 2.64. The average molecular weight is 302 g/mol. The van der Waals surface area contributed by atoms with Crippen LogP contribution in [0.1, 0.15) is 26.3 Å². The molecule has 1 aromatic rings. The third-order valence-corrected chi connectivity index (χ3v) is 3.14. The first-order valence-corrected chi connectivity index (χ1v) is 6.59. The van der Waals surface area contributed by atoms with Gasteiger partial charge in [-0.3, -0.25) is 4.90 Å². The van der Waals surface area contributed by atoms with Gasteiger partial charge in [0.05, 0.1) is 6.10 Å². The predicted molar refractivity (Wildman–Crippen MR) is 73.0 cm³/mol. The number of rotatable bonds is 5. The summed E-state index contributed by atoms with van der Waals surface area (Å²) < 4.78 is 0.950. The molecule has 0 aromatic heterocycles. The van der Waals surface area contributed by atoms with E-state index in [2.05, 4.69) is 34.7 Å². The van der Waals surface area contributed by atoms with Gasteiger partial charge in [-0.05, 0) is 39.0 Å². The van der Waals surface area contributed by atoms with Gasteiger partial charge in [-0.25, -0.2) is 0 Å². The maximum absolute atomic E-state index is 9.79. The molecule has 0 spiro atoms. The molecule has 0 amide bonds. The van der Waals surface area contributed by atoms with Gasteiger partial charge in [-0.15, -0.1) is 0 Å². The van der Waals surface area contributed by atoms with E-state index in [-0.39, 0.29) is 6.10 Å². The zero-order valence-corrected chi connectivity index (χ0v) is 12.1. The summed E-state index contributed by atoms with van der Waals surface area (Å²) in [4.78, 5) is 2.13. The van der Waals surface area contributed by atoms with Crippen molar-refractivity contribution in [3.8, 4) is 5.75 Å². The lowest BCUT2D eigenvalue weighted by Gasteiger charge is -2.28. The van der Waals surface area contributed by atoms with Crippen molar-refractivity contribution in [2.75, 3.05) is 6.54 Å². The van der Waals surface area contributed by atoms with Crippen LogP contribution in [-0.4, -0.2) is 33.8 Å². The quantitative estimate of drug-likeness (QED) is 0.879. The zero-order chi connectivity index (χ0) is 13.0. The van der Waals surface area contributed by atoms with Crippen LogP contribution in [0, 0.1) is 0 Å². The van der Waals surface area contributed by atoms with Gasteiger partial charge in [0.1, 0.15) is 5.75 Å². The van der Waals surface area contributed by atoms with Crippen molar-refractivity contribution in [2.24, 2.45) is 0 Å². The number of phenols is 1. The molecule has 0 bridgehead atoms. The van der Waals surface area contributed by atoms with Crippen molar-refractivity contribution in [1.82, 2.24) is 4.90 Å². The van der Waals surface area contributed by atoms with Crippen LogP contribution in [0.15, 0.2) is 22.7 Å². The maximum atomic E-state index is 9.79. The summed E-state index contributed by atoms with van der Waals surface area (Å²) in [5.74, 6) is 0.296. The summed E-state index contributed by atoms with van der Waals surface area (Å²) in [6.45, 7) is 7.17. The zero-order valence-electron chi connectivity index (χ0n) is 10.5. The molecule has 1 unspecified atom stereocenters. The molecule has 0 saturated heterocycles. The van der Waals surface area contributed by atoms with Crippen LogP contribution < -0.4 is 0 Å². The van der Waals surface area contributed by atoms with Crippen LogP contribution in [0.2, 0.25) is 0 Å². The Kier molecular flexibility index (Phi) is 5.43. The fourth-order valence-corrected chi connectivity index (χ4v) is 2.11. The van der Waals surface area contributed by atoms with Crippen molar-refractivity contribution in [3.05, 3.63) is 28.2 Å². The van der Waals surface area contributed by atoms with Crippen molar-refractivity contribution in [1.29, 1.82) is 0 Å². The molecule has 1 atom stereocenters. The fourth-order valence-electron chi connectivity index (χ4n) is 1.70. The Balaban J connectivity index is 2.81. The number of phenolic OH excluding ortho intramolecular Hbond substituents is 1. The molecule has 0 fully saturated rings. The molecular formula is C13H20BrNO2. The SMILES string of the molecule is CC(O)CN(Cc1cc(Br)ccc1O)C(C)C. The Bertz CT molecular complexity index is 366. The first kappa shape index (κ1) is 14.5. The summed E-state index contributed by atoms with van der Waals surface area (Å²) in [7, 11) is 0. The first-order chi connectivity index (χ1) is 7.90. The van der Waals surface area contributed by atoms with E-state index in [1.165, 1.54) is 0 Å². The molecule has 0 aliphatic heterocycles. The highest BCUT2D eigenvalue weighted by Gasteiger charge is 2.14. The van der Waals surface area contributed by atoms with Gasteiger partial charge in [0.2, 0.25) is 0 Å². The molecule has 1 rings (SSSR count). The number of aliphatic hydroxyl groups excluding tert-OH is 1. The van der Waals surface area contributed by atoms with Crippen LogP contribution >= 0.6 is 15.9 Å². The monoisotopic (exact) mass is 301 g/mol. The number of nitrogens with zero attached hydrogens (tertiary/aromatic N) is 1. The summed E-state index contributed by atoms with van der Waals surface area (Å²) in [5.41, 5.74) is 0.869. The van der Waals surface area contributed by atoms with E-state index in [0.29, 0.717) is 24.9 Å². The Labute approximate surface area is 111 Å². The number of hydrogen-bond donors (Lipinski definition) is 2. The molecule has 1 aromatic carbocycles. The lowest BCUT2D eigenvalue weighted by molar-refractivity contribution is 0.102. The van der Waals surface area contributed by atoms with E-state index in [0.717, 1.165) is 10.0 Å². The lowest BCUT2D eigenvalue weighted by Crippen LogP contribution is -2.36. The van der Waals surface area contributed by atoms with Crippen molar-refractivity contribution < 1.29 is 10.2 Å². The molecule has 3 nitrogen and oxygen atoms in total. The number of hydrogen-bond acceptors (Lipinski definition) is 3. The second-order valence-corrected chi connectivity index (χ2v) is 5.56. The molecule has 96 valence electrons. The van der Waals surface area contributed by atoms with Gasteiger partial charge < -0.3 is 10.2 Å². The van der Waals surface area contributed by atoms with Gasteiger partial charge in [-0.1, -0.05) is 15.9 Å². The maximum Gasteiger partial charge on any atom is 0.120 e. The van der Waals surface area contributed by atoms with Crippen molar-refractivity contribution >= 4 is 15.9 Å². The minimum absolute atomic E-state index is 0.296. The summed E-state index contributed by atoms with van der Waals surface area (Å²) in [6, 6.07) is 5.73. The Morgan fingerprint density at radius 3 is 2.47 bits per heavy atom. The van der Waals surface area contributed by atoms with E-state index < -0.39 is 0 Å². The highest BCUT2D eigenvalue weighted by Crippen LogP contribution is 2.24. The van der Waals surface area contributed by atoms with Gasteiger partial charge in [0.25, 0.3) is 0 Å². The largest absolute Gasteiger partial charge is 0.508 e. The second-order valence-electron chi connectivity index (χ2n) is 4.65. The summed E-state index contributed by atoms with van der Waals surface area (Å²) in [5, 5.41) is 19.2. The van der Waals surface area contributed by atoms with E-state index in [1.54, 1.807) is 13.0 Å². The molecule has 0 saturated carbocycles. The van der Waals surface area contributed by atoms with Crippen LogP contribution in [0.3, 0.4) is 0 Å². The predicted octanol–water partition coefficient (Wildman–Crippen LogP) is 2.75. The van der Waals surface area contributed by atoms with Crippen LogP contribution in [0.25, 0.3) is 0 Å². The number of benzene rings is 1. The molecular weight excluding hydrogens is 282 g/mol. The Hall–Kier alpha value is -0.580. The molecule has 17 heavy (non-hydrogen) atoms. The van der Waals surface area contributed by atoms with Crippen LogP contribution in [-0.2, 0) is 6.54 Å². The van der Waals surface area contributed by atoms with E-state index in [9.17, 15) is 10.2 Å².